The first kappa shape index (κ1) is 13.5. The van der Waals surface area contributed by atoms with Crippen LogP contribution in [0.15, 0.2) is 0 Å². The topological polar surface area (TPSA) is 63.4 Å². The molecule has 0 bridgehead atoms. The molecule has 1 heterocycles. The Kier molecular flexibility index (Phi) is 3.76. The SMILES string of the molecule is CCC1CC2C(=O)N(CC(N)C(C)C)C(=O)C2C1. The van der Waals surface area contributed by atoms with Crippen molar-refractivity contribution < 1.29 is 9.59 Å². The monoisotopic (exact) mass is 252 g/mol. The van der Waals surface area contributed by atoms with Gasteiger partial charge in [0.1, 0.15) is 0 Å². The van der Waals surface area contributed by atoms with Crippen LogP contribution in [0, 0.1) is 23.7 Å². The van der Waals surface area contributed by atoms with E-state index in [-0.39, 0.29) is 35.6 Å². The van der Waals surface area contributed by atoms with Crippen LogP contribution < -0.4 is 5.73 Å². The molecule has 0 aromatic carbocycles. The lowest BCUT2D eigenvalue weighted by molar-refractivity contribution is -0.141. The number of carbonyl (C=O) groups excluding carboxylic acids is 2. The summed E-state index contributed by atoms with van der Waals surface area (Å²) in [7, 11) is 0. The summed E-state index contributed by atoms with van der Waals surface area (Å²) in [4.78, 5) is 26.0. The zero-order valence-electron chi connectivity index (χ0n) is 11.6. The minimum atomic E-state index is -0.112. The van der Waals surface area contributed by atoms with E-state index in [1.807, 2.05) is 13.8 Å². The van der Waals surface area contributed by atoms with Gasteiger partial charge in [-0.05, 0) is 24.7 Å². The number of nitrogens with zero attached hydrogens (tertiary/aromatic N) is 1. The fourth-order valence-electron chi connectivity index (χ4n) is 3.13. The van der Waals surface area contributed by atoms with Crippen LogP contribution >= 0.6 is 0 Å². The van der Waals surface area contributed by atoms with Gasteiger partial charge in [0.25, 0.3) is 0 Å². The van der Waals surface area contributed by atoms with E-state index < -0.39 is 0 Å². The van der Waals surface area contributed by atoms with Gasteiger partial charge in [-0.2, -0.15) is 0 Å². The summed E-state index contributed by atoms with van der Waals surface area (Å²) in [5.41, 5.74) is 5.98. The molecule has 0 spiro atoms. The molecule has 0 radical (unpaired) electrons. The predicted octanol–water partition coefficient (Wildman–Crippen LogP) is 1.39. The summed E-state index contributed by atoms with van der Waals surface area (Å²) < 4.78 is 0. The lowest BCUT2D eigenvalue weighted by Crippen LogP contribution is -2.44. The Hall–Kier alpha value is -0.900. The van der Waals surface area contributed by atoms with Crippen LogP contribution in [-0.2, 0) is 9.59 Å². The molecule has 2 aliphatic rings. The average molecular weight is 252 g/mol. The zero-order chi connectivity index (χ0) is 13.4. The molecule has 102 valence electrons. The van der Waals surface area contributed by atoms with Crippen molar-refractivity contribution in [1.29, 1.82) is 0 Å². The van der Waals surface area contributed by atoms with Gasteiger partial charge >= 0.3 is 0 Å². The van der Waals surface area contributed by atoms with E-state index in [0.29, 0.717) is 12.5 Å². The van der Waals surface area contributed by atoms with E-state index in [2.05, 4.69) is 6.92 Å². The zero-order valence-corrected chi connectivity index (χ0v) is 11.6. The fraction of sp³-hybridized carbons (Fsp3) is 0.857. The highest BCUT2D eigenvalue weighted by Gasteiger charge is 2.52. The Morgan fingerprint density at radius 3 is 2.11 bits per heavy atom. The number of rotatable bonds is 4. The van der Waals surface area contributed by atoms with Crippen LogP contribution in [0.5, 0.6) is 0 Å². The van der Waals surface area contributed by atoms with Gasteiger partial charge < -0.3 is 5.73 Å². The van der Waals surface area contributed by atoms with Crippen LogP contribution in [-0.4, -0.2) is 29.3 Å². The molecule has 3 atom stereocenters. The number of nitrogens with two attached hydrogens (primary N) is 1. The average Bonchev–Trinajstić information content (AvgIpc) is 2.84. The molecule has 2 rings (SSSR count). The van der Waals surface area contributed by atoms with Crippen LogP contribution in [0.2, 0.25) is 0 Å². The first-order valence-corrected chi connectivity index (χ1v) is 7.06. The Morgan fingerprint density at radius 1 is 1.22 bits per heavy atom. The molecule has 1 saturated carbocycles. The smallest absolute Gasteiger partial charge is 0.233 e. The highest BCUT2D eigenvalue weighted by Crippen LogP contribution is 2.44. The fourth-order valence-corrected chi connectivity index (χ4v) is 3.13. The normalized spacial score (nSPS) is 33.4. The van der Waals surface area contributed by atoms with Gasteiger partial charge in [0, 0.05) is 12.6 Å². The van der Waals surface area contributed by atoms with Gasteiger partial charge in [-0.15, -0.1) is 0 Å². The Balaban J connectivity index is 2.05. The summed E-state index contributed by atoms with van der Waals surface area (Å²) in [6.07, 6.45) is 2.84. The number of hydrogen-bond donors (Lipinski definition) is 1. The molecule has 0 aromatic rings. The first-order chi connectivity index (χ1) is 8.45. The van der Waals surface area contributed by atoms with E-state index in [9.17, 15) is 9.59 Å². The Bertz CT molecular complexity index is 330. The lowest BCUT2D eigenvalue weighted by Gasteiger charge is -2.23. The van der Waals surface area contributed by atoms with Crippen molar-refractivity contribution >= 4 is 11.8 Å². The summed E-state index contributed by atoms with van der Waals surface area (Å²) >= 11 is 0. The van der Waals surface area contributed by atoms with E-state index in [4.69, 9.17) is 5.73 Å². The highest BCUT2D eigenvalue weighted by atomic mass is 16.2. The molecule has 2 fully saturated rings. The second-order valence-corrected chi connectivity index (χ2v) is 6.15. The van der Waals surface area contributed by atoms with E-state index in [1.165, 1.54) is 4.90 Å². The summed E-state index contributed by atoms with van der Waals surface area (Å²) in [6.45, 7) is 6.56. The first-order valence-electron chi connectivity index (χ1n) is 7.06. The van der Waals surface area contributed by atoms with Crippen molar-refractivity contribution in [2.45, 2.75) is 46.1 Å². The molecular weight excluding hydrogens is 228 g/mol. The highest BCUT2D eigenvalue weighted by molar-refractivity contribution is 6.05. The quantitative estimate of drug-likeness (QED) is 0.769. The number of fused-ring (bicyclic) bond motifs is 1. The second kappa shape index (κ2) is 5.00. The molecule has 4 heteroatoms. The Labute approximate surface area is 109 Å². The molecular formula is C14H24N2O2. The van der Waals surface area contributed by atoms with E-state index in [0.717, 1.165) is 19.3 Å². The summed E-state index contributed by atoms with van der Waals surface area (Å²) in [5, 5.41) is 0. The maximum absolute atomic E-state index is 12.3. The second-order valence-electron chi connectivity index (χ2n) is 6.15. The number of imide groups is 1. The number of hydrogen-bond acceptors (Lipinski definition) is 3. The maximum Gasteiger partial charge on any atom is 0.233 e. The third kappa shape index (κ3) is 2.18. The summed E-state index contributed by atoms with van der Waals surface area (Å²) in [5.74, 6) is 0.779. The van der Waals surface area contributed by atoms with Crippen molar-refractivity contribution in [1.82, 2.24) is 4.90 Å². The molecule has 3 unspecified atom stereocenters. The number of carbonyl (C=O) groups is 2. The van der Waals surface area contributed by atoms with Crippen molar-refractivity contribution in [2.75, 3.05) is 6.54 Å². The van der Waals surface area contributed by atoms with Gasteiger partial charge in [-0.3, -0.25) is 14.5 Å². The minimum absolute atomic E-state index is 0.0250. The molecule has 2 N–H and O–H groups in total. The molecule has 2 amide bonds. The van der Waals surface area contributed by atoms with E-state index >= 15 is 0 Å². The maximum atomic E-state index is 12.3. The molecule has 1 aliphatic carbocycles. The largest absolute Gasteiger partial charge is 0.326 e. The molecule has 4 nitrogen and oxygen atoms in total. The number of likely N-dealkylation sites (tertiary alicyclic amines) is 1. The van der Waals surface area contributed by atoms with Crippen molar-refractivity contribution in [2.24, 2.45) is 29.4 Å². The van der Waals surface area contributed by atoms with Crippen LogP contribution in [0.4, 0.5) is 0 Å². The van der Waals surface area contributed by atoms with E-state index in [1.54, 1.807) is 0 Å². The lowest BCUT2D eigenvalue weighted by atomic mass is 10.00. The molecule has 1 aliphatic heterocycles. The molecule has 18 heavy (non-hydrogen) atoms. The van der Waals surface area contributed by atoms with Gasteiger partial charge in [-0.25, -0.2) is 0 Å². The van der Waals surface area contributed by atoms with Gasteiger partial charge in [0.15, 0.2) is 0 Å². The van der Waals surface area contributed by atoms with Crippen molar-refractivity contribution in [3.8, 4) is 0 Å². The van der Waals surface area contributed by atoms with Crippen LogP contribution in [0.3, 0.4) is 0 Å². The van der Waals surface area contributed by atoms with Gasteiger partial charge in [-0.1, -0.05) is 27.2 Å². The predicted molar refractivity (Wildman–Crippen MR) is 69.5 cm³/mol. The standard InChI is InChI=1S/C14H24N2O2/c1-4-9-5-10-11(6-9)14(18)16(13(10)17)7-12(15)8(2)3/h8-12H,4-7,15H2,1-3H3. The van der Waals surface area contributed by atoms with Gasteiger partial charge in [0.2, 0.25) is 11.8 Å². The van der Waals surface area contributed by atoms with Crippen LogP contribution in [0.1, 0.15) is 40.0 Å². The molecule has 1 saturated heterocycles. The third-order valence-corrected chi connectivity index (χ3v) is 4.65. The van der Waals surface area contributed by atoms with Gasteiger partial charge in [0.05, 0.1) is 11.8 Å². The Morgan fingerprint density at radius 2 is 1.72 bits per heavy atom. The van der Waals surface area contributed by atoms with Crippen molar-refractivity contribution in [3.63, 3.8) is 0 Å². The molecule has 0 aromatic heterocycles. The van der Waals surface area contributed by atoms with Crippen LogP contribution in [0.25, 0.3) is 0 Å². The summed E-state index contributed by atoms with van der Waals surface area (Å²) in [6, 6.07) is -0.112. The third-order valence-electron chi connectivity index (χ3n) is 4.65. The number of amides is 2. The minimum Gasteiger partial charge on any atom is -0.326 e. The van der Waals surface area contributed by atoms with Crippen molar-refractivity contribution in [3.05, 3.63) is 0 Å².